The topological polar surface area (TPSA) is 105 Å². The Kier molecular flexibility index (Phi) is 5.86. The lowest BCUT2D eigenvalue weighted by Gasteiger charge is -2.08. The maximum atomic E-state index is 11.8. The molecule has 1 atom stereocenters. The molecule has 0 unspecified atom stereocenters. The number of hydrogen-bond donors (Lipinski definition) is 3. The first kappa shape index (κ1) is 17.1. The summed E-state index contributed by atoms with van der Waals surface area (Å²) < 4.78 is 4.67. The summed E-state index contributed by atoms with van der Waals surface area (Å²) in [5, 5.41) is 14.0. The van der Waals surface area contributed by atoms with Gasteiger partial charge in [-0.3, -0.25) is 9.59 Å². The molecule has 0 aliphatic heterocycles. The molecule has 3 N–H and O–H groups in total. The monoisotopic (exact) mass is 314 g/mol. The molecular formula is C13H18N2O5S. The molecule has 0 saturated carbocycles. The molecule has 7 nitrogen and oxygen atoms in total. The molecular weight excluding hydrogens is 296 g/mol. The van der Waals surface area contributed by atoms with Crippen molar-refractivity contribution < 1.29 is 24.2 Å². The van der Waals surface area contributed by atoms with Crippen LogP contribution in [0.4, 0.5) is 5.00 Å². The van der Waals surface area contributed by atoms with Crippen LogP contribution in [0.5, 0.6) is 0 Å². The number of carbonyl (C=O) groups is 3. The largest absolute Gasteiger partial charge is 0.465 e. The van der Waals surface area contributed by atoms with E-state index >= 15 is 0 Å². The summed E-state index contributed by atoms with van der Waals surface area (Å²) in [5.41, 5.74) is 0.947. The lowest BCUT2D eigenvalue weighted by atomic mass is 10.1. The van der Waals surface area contributed by atoms with Crippen LogP contribution < -0.4 is 10.6 Å². The number of carbonyl (C=O) groups excluding carboxylic acids is 3. The Morgan fingerprint density at radius 2 is 1.90 bits per heavy atom. The van der Waals surface area contributed by atoms with Crippen molar-refractivity contribution in [3.63, 3.8) is 0 Å². The molecule has 116 valence electrons. The quantitative estimate of drug-likeness (QED) is 0.557. The highest BCUT2D eigenvalue weighted by Gasteiger charge is 2.23. The van der Waals surface area contributed by atoms with Crippen LogP contribution in [-0.4, -0.2) is 42.6 Å². The van der Waals surface area contributed by atoms with Gasteiger partial charge in [-0.15, -0.1) is 11.3 Å². The second-order valence-electron chi connectivity index (χ2n) is 4.49. The number of esters is 1. The molecule has 0 spiro atoms. The van der Waals surface area contributed by atoms with Gasteiger partial charge >= 0.3 is 17.8 Å². The van der Waals surface area contributed by atoms with Gasteiger partial charge in [0.05, 0.1) is 18.8 Å². The molecule has 0 aliphatic rings. The lowest BCUT2D eigenvalue weighted by Crippen LogP contribution is -2.38. The first-order valence-electron chi connectivity index (χ1n) is 6.23. The number of ether oxygens (including phenoxy) is 1. The van der Waals surface area contributed by atoms with Crippen LogP contribution in [0.1, 0.15) is 27.7 Å². The fourth-order valence-electron chi connectivity index (χ4n) is 1.54. The summed E-state index contributed by atoms with van der Waals surface area (Å²) in [5.74, 6) is -2.35. The molecule has 21 heavy (non-hydrogen) atoms. The third-order valence-corrected chi connectivity index (χ3v) is 3.89. The van der Waals surface area contributed by atoms with Crippen molar-refractivity contribution in [2.45, 2.75) is 26.9 Å². The summed E-state index contributed by atoms with van der Waals surface area (Å²) in [6.07, 6.45) is -0.751. The molecule has 0 aliphatic carbocycles. The molecule has 0 saturated heterocycles. The van der Waals surface area contributed by atoms with Crippen molar-refractivity contribution in [1.29, 1.82) is 0 Å². The standard InChI is InChI=1S/C13H18N2O5S/c1-6(16)5-14-10(17)11(18)15-12-9(13(19)20-4)7(2)8(3)21-12/h6,16H,5H2,1-4H3,(H,14,17)(H,15,18)/t6-/m1/s1. The van der Waals surface area contributed by atoms with E-state index in [9.17, 15) is 14.4 Å². The smallest absolute Gasteiger partial charge is 0.341 e. The Balaban J connectivity index is 2.88. The van der Waals surface area contributed by atoms with Gasteiger partial charge in [0, 0.05) is 11.4 Å². The van der Waals surface area contributed by atoms with Gasteiger partial charge in [-0.2, -0.15) is 0 Å². The predicted molar refractivity (Wildman–Crippen MR) is 78.5 cm³/mol. The molecule has 1 aromatic rings. The maximum absolute atomic E-state index is 11.8. The van der Waals surface area contributed by atoms with Crippen molar-refractivity contribution in [3.8, 4) is 0 Å². The molecule has 0 radical (unpaired) electrons. The van der Waals surface area contributed by atoms with Crippen molar-refractivity contribution in [1.82, 2.24) is 5.32 Å². The van der Waals surface area contributed by atoms with Gasteiger partial charge in [-0.05, 0) is 26.3 Å². The minimum Gasteiger partial charge on any atom is -0.465 e. The average Bonchev–Trinajstić information content (AvgIpc) is 2.70. The number of aliphatic hydroxyl groups excluding tert-OH is 1. The summed E-state index contributed by atoms with van der Waals surface area (Å²) in [6.45, 7) is 5.00. The Morgan fingerprint density at radius 3 is 2.43 bits per heavy atom. The number of nitrogens with one attached hydrogen (secondary N) is 2. The summed E-state index contributed by atoms with van der Waals surface area (Å²) >= 11 is 1.19. The van der Waals surface area contributed by atoms with Crippen molar-refractivity contribution >= 4 is 34.1 Å². The summed E-state index contributed by atoms with van der Waals surface area (Å²) in [6, 6.07) is 0. The minimum absolute atomic E-state index is 0.0292. The van der Waals surface area contributed by atoms with Gasteiger partial charge in [0.25, 0.3) is 0 Å². The van der Waals surface area contributed by atoms with Crippen LogP contribution in [-0.2, 0) is 14.3 Å². The minimum atomic E-state index is -0.901. The molecule has 0 aromatic carbocycles. The number of anilines is 1. The first-order valence-corrected chi connectivity index (χ1v) is 7.05. The van der Waals surface area contributed by atoms with E-state index in [0.29, 0.717) is 5.56 Å². The number of hydrogen-bond acceptors (Lipinski definition) is 6. The Hall–Kier alpha value is -1.93. The van der Waals surface area contributed by atoms with Crippen LogP contribution in [0.2, 0.25) is 0 Å². The highest BCUT2D eigenvalue weighted by Crippen LogP contribution is 2.32. The third-order valence-electron chi connectivity index (χ3n) is 2.77. The highest BCUT2D eigenvalue weighted by atomic mass is 32.1. The van der Waals surface area contributed by atoms with E-state index in [2.05, 4.69) is 15.4 Å². The zero-order valence-electron chi connectivity index (χ0n) is 12.3. The van der Waals surface area contributed by atoms with Crippen molar-refractivity contribution in [2.75, 3.05) is 19.0 Å². The van der Waals surface area contributed by atoms with E-state index in [-0.39, 0.29) is 17.1 Å². The second kappa shape index (κ2) is 7.19. The summed E-state index contributed by atoms with van der Waals surface area (Å²) in [7, 11) is 1.25. The third kappa shape index (κ3) is 4.27. The van der Waals surface area contributed by atoms with Crippen molar-refractivity contribution in [3.05, 3.63) is 16.0 Å². The van der Waals surface area contributed by atoms with Crippen LogP contribution in [0.15, 0.2) is 0 Å². The SMILES string of the molecule is COC(=O)c1c(NC(=O)C(=O)NC[C@@H](C)O)sc(C)c1C. The van der Waals surface area contributed by atoms with Gasteiger partial charge in [-0.25, -0.2) is 4.79 Å². The number of aliphatic hydroxyl groups is 1. The molecule has 0 bridgehead atoms. The Bertz CT molecular complexity index is 565. The normalized spacial score (nSPS) is 11.7. The predicted octanol–water partition coefficient (Wildman–Crippen LogP) is 0.587. The zero-order chi connectivity index (χ0) is 16.2. The lowest BCUT2D eigenvalue weighted by molar-refractivity contribution is -0.136. The number of methoxy groups -OCH3 is 1. The van der Waals surface area contributed by atoms with E-state index in [0.717, 1.165) is 4.88 Å². The average molecular weight is 314 g/mol. The molecule has 2 amide bonds. The first-order chi connectivity index (χ1) is 9.77. The van der Waals surface area contributed by atoms with Gasteiger partial charge < -0.3 is 20.5 Å². The Labute approximate surface area is 126 Å². The maximum Gasteiger partial charge on any atom is 0.341 e. The molecule has 1 rings (SSSR count). The van der Waals surface area contributed by atoms with Gasteiger partial charge in [0.1, 0.15) is 5.00 Å². The van der Waals surface area contributed by atoms with Crippen LogP contribution >= 0.6 is 11.3 Å². The number of rotatable bonds is 4. The molecule has 8 heteroatoms. The van der Waals surface area contributed by atoms with Gasteiger partial charge in [0.15, 0.2) is 0 Å². The fourth-order valence-corrected chi connectivity index (χ4v) is 2.59. The van der Waals surface area contributed by atoms with E-state index in [1.54, 1.807) is 13.8 Å². The van der Waals surface area contributed by atoms with Crippen molar-refractivity contribution in [2.24, 2.45) is 0 Å². The van der Waals surface area contributed by atoms with E-state index in [1.807, 2.05) is 0 Å². The number of thiophene rings is 1. The molecule has 0 fully saturated rings. The van der Waals surface area contributed by atoms with Crippen LogP contribution in [0.3, 0.4) is 0 Å². The van der Waals surface area contributed by atoms with E-state index < -0.39 is 23.9 Å². The van der Waals surface area contributed by atoms with Gasteiger partial charge in [-0.1, -0.05) is 0 Å². The van der Waals surface area contributed by atoms with E-state index in [4.69, 9.17) is 5.11 Å². The fraction of sp³-hybridized carbons (Fsp3) is 0.462. The van der Waals surface area contributed by atoms with E-state index in [1.165, 1.54) is 25.4 Å². The van der Waals surface area contributed by atoms with Crippen LogP contribution in [0, 0.1) is 13.8 Å². The van der Waals surface area contributed by atoms with Gasteiger partial charge in [0.2, 0.25) is 0 Å². The number of amides is 2. The Morgan fingerprint density at radius 1 is 1.29 bits per heavy atom. The number of aryl methyl sites for hydroxylation is 1. The molecule has 1 aromatic heterocycles. The van der Waals surface area contributed by atoms with Crippen LogP contribution in [0.25, 0.3) is 0 Å². The highest BCUT2D eigenvalue weighted by molar-refractivity contribution is 7.17. The molecule has 1 heterocycles. The zero-order valence-corrected chi connectivity index (χ0v) is 13.1. The summed E-state index contributed by atoms with van der Waals surface area (Å²) in [4.78, 5) is 35.9. The second-order valence-corrected chi connectivity index (χ2v) is 5.72.